The molecule has 24 heavy (non-hydrogen) atoms. The molecular formula is C18H23FN2O3. The minimum atomic E-state index is -0.303. The molecule has 0 spiro atoms. The number of benzene rings is 1. The van der Waals surface area contributed by atoms with Crippen molar-refractivity contribution in [3.63, 3.8) is 0 Å². The van der Waals surface area contributed by atoms with Crippen molar-refractivity contribution in [2.45, 2.75) is 32.1 Å². The quantitative estimate of drug-likeness (QED) is 0.912. The maximum atomic E-state index is 13.4. The Kier molecular flexibility index (Phi) is 5.14. The van der Waals surface area contributed by atoms with E-state index in [0.29, 0.717) is 38.2 Å². The predicted molar refractivity (Wildman–Crippen MR) is 88.1 cm³/mol. The van der Waals surface area contributed by atoms with Gasteiger partial charge in [0.25, 0.3) is 0 Å². The van der Waals surface area contributed by atoms with Crippen molar-refractivity contribution >= 4 is 17.5 Å². The van der Waals surface area contributed by atoms with Crippen molar-refractivity contribution < 1.29 is 19.1 Å². The zero-order valence-electron chi connectivity index (χ0n) is 13.7. The smallest absolute Gasteiger partial charge is 0.227 e. The average Bonchev–Trinajstić information content (AvgIpc) is 2.60. The number of rotatable bonds is 4. The number of fused-ring (bicyclic) bond motifs is 1. The van der Waals surface area contributed by atoms with Crippen LogP contribution in [0.15, 0.2) is 18.2 Å². The molecule has 0 saturated carbocycles. The number of nitrogens with zero attached hydrogens (tertiary/aromatic N) is 2. The van der Waals surface area contributed by atoms with E-state index in [4.69, 9.17) is 0 Å². The number of amides is 2. The number of hydrogen-bond acceptors (Lipinski definition) is 3. The molecule has 0 aromatic heterocycles. The predicted octanol–water partition coefficient (Wildman–Crippen LogP) is 1.73. The average molecular weight is 334 g/mol. The van der Waals surface area contributed by atoms with E-state index in [1.54, 1.807) is 15.9 Å². The highest BCUT2D eigenvalue weighted by Gasteiger charge is 2.27. The van der Waals surface area contributed by atoms with Gasteiger partial charge < -0.3 is 14.9 Å². The molecule has 5 nitrogen and oxygen atoms in total. The molecular weight excluding hydrogens is 311 g/mol. The SMILES string of the molecule is O=C(CCN1C(=O)CCc2cc(F)ccc21)N1CCCC(CO)C1. The van der Waals surface area contributed by atoms with Crippen LogP contribution in [0.25, 0.3) is 0 Å². The topological polar surface area (TPSA) is 60.9 Å². The van der Waals surface area contributed by atoms with E-state index < -0.39 is 0 Å². The Balaban J connectivity index is 1.64. The maximum Gasteiger partial charge on any atom is 0.227 e. The number of aryl methyl sites for hydroxylation is 1. The molecule has 2 amide bonds. The molecule has 6 heteroatoms. The van der Waals surface area contributed by atoms with Crippen LogP contribution < -0.4 is 4.90 Å². The van der Waals surface area contributed by atoms with E-state index in [0.717, 1.165) is 18.4 Å². The van der Waals surface area contributed by atoms with Crippen LogP contribution in [0, 0.1) is 11.7 Å². The van der Waals surface area contributed by atoms with Crippen LogP contribution in [-0.4, -0.2) is 48.1 Å². The van der Waals surface area contributed by atoms with Crippen LogP contribution >= 0.6 is 0 Å². The van der Waals surface area contributed by atoms with Crippen LogP contribution in [0.2, 0.25) is 0 Å². The first-order valence-electron chi connectivity index (χ1n) is 8.56. The molecule has 1 aromatic carbocycles. The third-order valence-electron chi connectivity index (χ3n) is 4.92. The van der Waals surface area contributed by atoms with Gasteiger partial charge in [0.1, 0.15) is 5.82 Å². The van der Waals surface area contributed by atoms with Gasteiger partial charge in [-0.05, 0) is 48.9 Å². The van der Waals surface area contributed by atoms with E-state index in [1.807, 2.05) is 0 Å². The number of piperidine rings is 1. The Hall–Kier alpha value is -1.95. The number of hydrogen-bond donors (Lipinski definition) is 1. The Morgan fingerprint density at radius 1 is 1.33 bits per heavy atom. The van der Waals surface area contributed by atoms with E-state index in [2.05, 4.69) is 0 Å². The van der Waals surface area contributed by atoms with Crippen LogP contribution in [0.5, 0.6) is 0 Å². The van der Waals surface area contributed by atoms with Gasteiger partial charge in [-0.2, -0.15) is 0 Å². The van der Waals surface area contributed by atoms with Gasteiger partial charge in [-0.25, -0.2) is 4.39 Å². The Morgan fingerprint density at radius 3 is 2.96 bits per heavy atom. The summed E-state index contributed by atoms with van der Waals surface area (Å²) in [6, 6.07) is 4.44. The molecule has 0 bridgehead atoms. The highest BCUT2D eigenvalue weighted by atomic mass is 19.1. The van der Waals surface area contributed by atoms with E-state index in [1.165, 1.54) is 12.1 Å². The van der Waals surface area contributed by atoms with Gasteiger partial charge >= 0.3 is 0 Å². The summed E-state index contributed by atoms with van der Waals surface area (Å²) in [6.45, 7) is 1.72. The van der Waals surface area contributed by atoms with Crippen LogP contribution in [0.4, 0.5) is 10.1 Å². The molecule has 1 unspecified atom stereocenters. The van der Waals surface area contributed by atoms with Gasteiger partial charge in [-0.15, -0.1) is 0 Å². The summed E-state index contributed by atoms with van der Waals surface area (Å²) in [5.74, 6) is -0.158. The zero-order chi connectivity index (χ0) is 17.1. The Labute approximate surface area is 141 Å². The lowest BCUT2D eigenvalue weighted by Gasteiger charge is -2.33. The molecule has 3 rings (SSSR count). The summed E-state index contributed by atoms with van der Waals surface area (Å²) in [5, 5.41) is 9.27. The molecule has 0 aliphatic carbocycles. The summed E-state index contributed by atoms with van der Waals surface area (Å²) >= 11 is 0. The monoisotopic (exact) mass is 334 g/mol. The largest absolute Gasteiger partial charge is 0.396 e. The molecule has 1 atom stereocenters. The second-order valence-electron chi connectivity index (χ2n) is 6.60. The lowest BCUT2D eigenvalue weighted by Crippen LogP contribution is -2.43. The fourth-order valence-electron chi connectivity index (χ4n) is 3.58. The summed E-state index contributed by atoms with van der Waals surface area (Å²) in [6.07, 6.45) is 2.99. The van der Waals surface area contributed by atoms with E-state index >= 15 is 0 Å². The van der Waals surface area contributed by atoms with Crippen molar-refractivity contribution in [1.29, 1.82) is 0 Å². The minimum Gasteiger partial charge on any atom is -0.396 e. The third-order valence-corrected chi connectivity index (χ3v) is 4.92. The van der Waals surface area contributed by atoms with Crippen molar-refractivity contribution in [1.82, 2.24) is 4.90 Å². The van der Waals surface area contributed by atoms with Gasteiger partial charge in [-0.3, -0.25) is 9.59 Å². The number of carbonyl (C=O) groups excluding carboxylic acids is 2. The molecule has 130 valence electrons. The fraction of sp³-hybridized carbons (Fsp3) is 0.556. The normalized spacial score (nSPS) is 20.9. The van der Waals surface area contributed by atoms with Gasteiger partial charge in [-0.1, -0.05) is 0 Å². The van der Waals surface area contributed by atoms with Crippen LogP contribution in [0.1, 0.15) is 31.2 Å². The molecule has 1 aromatic rings. The zero-order valence-corrected chi connectivity index (χ0v) is 13.7. The van der Waals surface area contributed by atoms with Crippen LogP contribution in [-0.2, 0) is 16.0 Å². The van der Waals surface area contributed by atoms with Crippen molar-refractivity contribution in [3.8, 4) is 0 Å². The summed E-state index contributed by atoms with van der Waals surface area (Å²) in [7, 11) is 0. The van der Waals surface area contributed by atoms with Crippen molar-refractivity contribution in [2.24, 2.45) is 5.92 Å². The number of aliphatic hydroxyl groups is 1. The van der Waals surface area contributed by atoms with Gasteiger partial charge in [0.05, 0.1) is 0 Å². The van der Waals surface area contributed by atoms with Crippen molar-refractivity contribution in [3.05, 3.63) is 29.6 Å². The summed E-state index contributed by atoms with van der Waals surface area (Å²) in [4.78, 5) is 28.0. The second kappa shape index (κ2) is 7.30. The van der Waals surface area contributed by atoms with E-state index in [-0.39, 0.29) is 36.6 Å². The molecule has 1 fully saturated rings. The van der Waals surface area contributed by atoms with Gasteiger partial charge in [0.15, 0.2) is 0 Å². The highest BCUT2D eigenvalue weighted by molar-refractivity contribution is 5.97. The Bertz CT molecular complexity index is 635. The first kappa shape index (κ1) is 16.9. The van der Waals surface area contributed by atoms with Crippen molar-refractivity contribution in [2.75, 3.05) is 31.1 Å². The highest BCUT2D eigenvalue weighted by Crippen LogP contribution is 2.28. The molecule has 1 saturated heterocycles. The first-order valence-corrected chi connectivity index (χ1v) is 8.56. The standard InChI is InChI=1S/C18H23FN2O3/c19-15-4-5-16-14(10-15)3-6-18(24)21(16)9-7-17(23)20-8-1-2-13(11-20)12-22/h4-5,10,13,22H,1-3,6-9,11-12H2. The molecule has 2 aliphatic heterocycles. The lowest BCUT2D eigenvalue weighted by molar-refractivity contribution is -0.133. The minimum absolute atomic E-state index is 0.00943. The first-order chi connectivity index (χ1) is 11.6. The number of anilines is 1. The van der Waals surface area contributed by atoms with Gasteiger partial charge in [0.2, 0.25) is 11.8 Å². The number of carbonyl (C=O) groups is 2. The molecule has 1 N–H and O–H groups in total. The molecule has 2 aliphatic rings. The molecule has 0 radical (unpaired) electrons. The summed E-state index contributed by atoms with van der Waals surface area (Å²) < 4.78 is 13.4. The number of halogens is 1. The van der Waals surface area contributed by atoms with Gasteiger partial charge in [0, 0.05) is 44.8 Å². The maximum absolute atomic E-state index is 13.4. The van der Waals surface area contributed by atoms with Crippen LogP contribution in [0.3, 0.4) is 0 Å². The number of aliphatic hydroxyl groups excluding tert-OH is 1. The molecule has 2 heterocycles. The summed E-state index contributed by atoms with van der Waals surface area (Å²) in [5.41, 5.74) is 1.53. The second-order valence-corrected chi connectivity index (χ2v) is 6.60. The fourth-order valence-corrected chi connectivity index (χ4v) is 3.58. The van der Waals surface area contributed by atoms with E-state index in [9.17, 15) is 19.1 Å². The Morgan fingerprint density at radius 2 is 2.17 bits per heavy atom. The number of likely N-dealkylation sites (tertiary alicyclic amines) is 1. The third kappa shape index (κ3) is 3.59. The lowest BCUT2D eigenvalue weighted by atomic mass is 9.98.